The summed E-state index contributed by atoms with van der Waals surface area (Å²) < 4.78 is 12.5. The Bertz CT molecular complexity index is 4310. The zero-order chi connectivity index (χ0) is 101. The van der Waals surface area contributed by atoms with Crippen LogP contribution < -0.4 is 76.0 Å². The summed E-state index contributed by atoms with van der Waals surface area (Å²) in [5.74, 6) is 0.572. The third-order valence-electron chi connectivity index (χ3n) is 25.6. The molecule has 5 aromatic rings. The predicted octanol–water partition coefficient (Wildman–Crippen LogP) is 27.2. The first kappa shape index (κ1) is 125. The number of anilines is 9. The monoisotopic (exact) mass is 1930 g/mol. The molecule has 18 nitrogen and oxygen atoms in total. The molecule has 762 valence electrons. The van der Waals surface area contributed by atoms with E-state index in [0.29, 0.717) is 67.7 Å². The van der Waals surface area contributed by atoms with E-state index in [1.165, 1.54) is 180 Å². The maximum absolute atomic E-state index is 12.6. The van der Waals surface area contributed by atoms with Crippen molar-refractivity contribution in [3.63, 3.8) is 0 Å². The van der Waals surface area contributed by atoms with Crippen LogP contribution in [0, 0.1) is 49.6 Å². The van der Waals surface area contributed by atoms with Crippen LogP contribution >= 0.6 is 61.1 Å². The SMILES string of the molecule is CCCCCCCCN(CCCCCCCC)CCCN(C)c1c(N(C)CCCC(C)(C)C)c(=O)c1=S.CCCCCCCCN(CCCCCCCC)CCN(C)c1c(N(C)CCCC(C)(C)C)c(=O)c1=S.CN(CCCC(C)(C)C)c1c(N(C)C(C)(C)C)c(=S)c1=O.COCCN(C)c1c(N(C)CCCC(C)(C)C)c(=O)c1=S.COc1c(N(C)CCCC(C)(C)C)c(=O)c1=S. The first-order valence-corrected chi connectivity index (χ1v) is 53.7. The quantitative estimate of drug-likeness (QED) is 0.0269. The maximum atomic E-state index is 12.6. The van der Waals surface area contributed by atoms with Crippen molar-refractivity contribution >= 4 is 112 Å². The van der Waals surface area contributed by atoms with Gasteiger partial charge in [-0.15, -0.1) is 0 Å². The number of methoxy groups -OCH3 is 2. The Morgan fingerprint density at radius 3 is 0.705 bits per heavy atom. The highest BCUT2D eigenvalue weighted by Gasteiger charge is 2.32. The van der Waals surface area contributed by atoms with Crippen LogP contribution in [0.25, 0.3) is 0 Å². The molecule has 0 spiro atoms. The van der Waals surface area contributed by atoms with Gasteiger partial charge in [0.25, 0.3) is 0 Å². The molecule has 0 fully saturated rings. The fourth-order valence-corrected chi connectivity index (χ4v) is 18.5. The molecule has 132 heavy (non-hydrogen) atoms. The smallest absolute Gasteiger partial charge is 0.227 e. The Kier molecular flexibility index (Phi) is 60.7. The molecule has 0 amide bonds. The summed E-state index contributed by atoms with van der Waals surface area (Å²) in [7, 11) is 21.4. The number of hydrogen-bond donors (Lipinski definition) is 0. The lowest BCUT2D eigenvalue weighted by Gasteiger charge is -2.38. The molecule has 0 aromatic heterocycles. The molecule has 0 unspecified atom stereocenters. The first-order valence-electron chi connectivity index (χ1n) is 51.6. The molecule has 0 aliphatic carbocycles. The predicted molar refractivity (Wildman–Crippen MR) is 597 cm³/mol. The summed E-state index contributed by atoms with van der Waals surface area (Å²) in [5, 5.41) is 0. The Hall–Kier alpha value is -4.62. The maximum Gasteiger partial charge on any atom is 0.227 e. The van der Waals surface area contributed by atoms with Crippen molar-refractivity contribution in [2.45, 2.75) is 383 Å². The van der Waals surface area contributed by atoms with Crippen molar-refractivity contribution in [1.82, 2.24) is 9.80 Å². The average molecular weight is 1940 g/mol. The summed E-state index contributed by atoms with van der Waals surface area (Å²) in [5.41, 5.74) is 9.32. The Morgan fingerprint density at radius 1 is 0.227 bits per heavy atom. The largest absolute Gasteiger partial charge is 0.493 e. The summed E-state index contributed by atoms with van der Waals surface area (Å²) >= 11 is 26.4. The highest BCUT2D eigenvalue weighted by molar-refractivity contribution is 7.72. The van der Waals surface area contributed by atoms with Crippen LogP contribution in [0.5, 0.6) is 5.75 Å². The Balaban J connectivity index is 0.000000852. The average Bonchev–Trinajstić information content (AvgIpc) is 0.766. The van der Waals surface area contributed by atoms with Crippen LogP contribution in [0.3, 0.4) is 0 Å². The zero-order valence-electron chi connectivity index (χ0n) is 91.2. The Morgan fingerprint density at radius 2 is 0.439 bits per heavy atom. The molecule has 0 atom stereocenters. The van der Waals surface area contributed by atoms with Gasteiger partial charge in [0.05, 0.1) is 36.5 Å². The van der Waals surface area contributed by atoms with E-state index in [0.717, 1.165) is 182 Å². The molecule has 0 aliphatic rings. The zero-order valence-corrected chi connectivity index (χ0v) is 95.3. The van der Waals surface area contributed by atoms with Gasteiger partial charge in [-0.3, -0.25) is 24.0 Å². The molecule has 0 N–H and O–H groups in total. The van der Waals surface area contributed by atoms with Gasteiger partial charge in [-0.25, -0.2) is 0 Å². The lowest BCUT2D eigenvalue weighted by Crippen LogP contribution is -2.43. The first-order chi connectivity index (χ1) is 61.6. The van der Waals surface area contributed by atoms with Gasteiger partial charge in [0.2, 0.25) is 27.1 Å². The number of ether oxygens (including phenoxy) is 2. The molecule has 23 heteroatoms. The standard InChI is InChI=1S/C32H61N3OS.C31H59N3OS.C17H30N2OS.C16H28N2O2S.C13H21NO2S/c1-8-10-12-14-16-18-25-35(26-19-17-15-13-11-9-2)27-21-24-34(7)29-28(30(36)31(29)37)33(6)23-20-22-32(3,4)5;1-8-10-12-14-16-18-23-34(24-19-17-15-13-11-9-2)26-25-33(7)28-27(29(35)30(28)36)32(6)22-20-21-31(3,4)5;1-16(2,3)10-9-11-18(7)12-13(15(21)14(12)20)19(8)17(4,5)6;1-16(2,3)8-7-9-17(4)12-13(15(21)14(12)19)18(5)10-11-20-6;1-13(2,3)7-6-8-14(4)9-10(15)12(17)11(9)16-5/h8-27H2,1-7H3;8-26H2,1-7H3;9-11H2,1-8H3;7-11H2,1-6H3;6-8H2,1-5H3. The van der Waals surface area contributed by atoms with Gasteiger partial charge in [0, 0.05) is 135 Å². The van der Waals surface area contributed by atoms with Crippen molar-refractivity contribution < 1.29 is 9.47 Å². The van der Waals surface area contributed by atoms with Gasteiger partial charge in [0.1, 0.15) is 51.0 Å². The molecule has 0 bridgehead atoms. The molecule has 0 saturated carbocycles. The van der Waals surface area contributed by atoms with Gasteiger partial charge in [-0.1, -0.05) is 321 Å². The molecular formula is C109H199N11O7S5. The van der Waals surface area contributed by atoms with Crippen LogP contribution in [0.1, 0.15) is 377 Å². The van der Waals surface area contributed by atoms with Gasteiger partial charge in [0.15, 0.2) is 5.75 Å². The van der Waals surface area contributed by atoms with E-state index in [2.05, 4.69) is 213 Å². The normalized spacial score (nSPS) is 12.1. The number of nitrogens with zero attached hydrogens (tertiary/aromatic N) is 11. The second-order valence-corrected chi connectivity index (χ2v) is 47.5. The van der Waals surface area contributed by atoms with Crippen molar-refractivity contribution in [2.75, 3.05) is 220 Å². The second kappa shape index (κ2) is 63.9. The summed E-state index contributed by atoms with van der Waals surface area (Å²) in [4.78, 5) is 85.4. The number of rotatable bonds is 63. The number of likely N-dealkylation sites (N-methyl/N-ethyl adjacent to an activating group) is 2. The Labute approximate surface area is 834 Å². The van der Waals surface area contributed by atoms with Crippen LogP contribution in [-0.4, -0.2) is 191 Å². The highest BCUT2D eigenvalue weighted by Crippen LogP contribution is 2.38. The molecule has 0 heterocycles. The van der Waals surface area contributed by atoms with Crippen molar-refractivity contribution in [3.8, 4) is 5.75 Å². The van der Waals surface area contributed by atoms with Crippen LogP contribution in [0.2, 0.25) is 0 Å². The minimum Gasteiger partial charge on any atom is -0.493 e. The molecular weight excluding hydrogens is 1740 g/mol. The van der Waals surface area contributed by atoms with E-state index in [9.17, 15) is 24.0 Å². The fourth-order valence-electron chi connectivity index (χ4n) is 16.8. The van der Waals surface area contributed by atoms with Crippen LogP contribution in [-0.2, 0) is 4.74 Å². The molecule has 0 radical (unpaired) electrons. The number of hydrogen-bond acceptors (Lipinski definition) is 23. The van der Waals surface area contributed by atoms with E-state index >= 15 is 0 Å². The molecule has 0 saturated heterocycles. The van der Waals surface area contributed by atoms with Crippen molar-refractivity contribution in [2.24, 2.45) is 27.1 Å². The summed E-state index contributed by atoms with van der Waals surface area (Å²) in [6, 6.07) is 0. The van der Waals surface area contributed by atoms with Gasteiger partial charge in [-0.2, -0.15) is 0 Å². The van der Waals surface area contributed by atoms with Gasteiger partial charge in [-0.05, 0) is 177 Å². The molecule has 0 aliphatic heterocycles. The minimum atomic E-state index is -0.0601. The van der Waals surface area contributed by atoms with E-state index in [1.54, 1.807) is 14.2 Å². The minimum absolute atomic E-state index is 0.00234. The summed E-state index contributed by atoms with van der Waals surface area (Å²) in [6.07, 6.45) is 44.6. The second-order valence-electron chi connectivity index (χ2n) is 45.5. The third-order valence-corrected chi connectivity index (χ3v) is 27.5. The lowest BCUT2D eigenvalue weighted by atomic mass is 9.90. The summed E-state index contributed by atoms with van der Waals surface area (Å²) in [6.45, 7) is 64.0. The molecule has 5 rings (SSSR count). The highest BCUT2D eigenvalue weighted by atomic mass is 32.1. The fraction of sp³-hybridized carbons (Fsp3) is 0.817. The van der Waals surface area contributed by atoms with Crippen LogP contribution in [0.4, 0.5) is 51.2 Å². The van der Waals surface area contributed by atoms with E-state index in [4.69, 9.17) is 70.6 Å². The van der Waals surface area contributed by atoms with E-state index in [-0.39, 0.29) is 32.7 Å². The third kappa shape index (κ3) is 47.8. The van der Waals surface area contributed by atoms with E-state index in [1.807, 2.05) is 57.0 Å². The number of unbranched alkanes of at least 4 members (excludes halogenated alkanes) is 20. The van der Waals surface area contributed by atoms with Gasteiger partial charge >= 0.3 is 0 Å². The lowest BCUT2D eigenvalue weighted by molar-refractivity contribution is 0.206. The molecule has 5 aromatic carbocycles. The topological polar surface area (TPSA) is 139 Å². The van der Waals surface area contributed by atoms with Crippen molar-refractivity contribution in [3.05, 3.63) is 73.7 Å². The van der Waals surface area contributed by atoms with E-state index < -0.39 is 0 Å². The van der Waals surface area contributed by atoms with Gasteiger partial charge < -0.3 is 63.4 Å². The van der Waals surface area contributed by atoms with Crippen LogP contribution in [0.15, 0.2) is 24.0 Å². The van der Waals surface area contributed by atoms with Crippen molar-refractivity contribution in [1.29, 1.82) is 0 Å².